The Bertz CT molecular complexity index is 338. The van der Waals surface area contributed by atoms with Crippen LogP contribution in [0.25, 0.3) is 0 Å². The zero-order chi connectivity index (χ0) is 10.6. The van der Waals surface area contributed by atoms with Gasteiger partial charge in [-0.25, -0.2) is 15.0 Å². The molecule has 0 spiro atoms. The predicted molar refractivity (Wildman–Crippen MR) is 49.0 cm³/mol. The summed E-state index contributed by atoms with van der Waals surface area (Å²) in [5, 5.41) is 1.09. The molecule has 6 heteroatoms. The lowest BCUT2D eigenvalue weighted by atomic mass is 10.5. The molecule has 0 aliphatic carbocycles. The zero-order valence-electron chi connectivity index (χ0n) is 7.89. The lowest BCUT2D eigenvalue weighted by Crippen LogP contribution is -2.44. The van der Waals surface area contributed by atoms with Crippen molar-refractivity contribution in [3.8, 4) is 0 Å². The summed E-state index contributed by atoms with van der Waals surface area (Å²) in [6.45, 7) is 2.66. The van der Waals surface area contributed by atoms with Crippen LogP contribution in [0.15, 0.2) is 18.7 Å². The van der Waals surface area contributed by atoms with Crippen LogP contribution < -0.4 is 10.4 Å². The van der Waals surface area contributed by atoms with Crippen molar-refractivity contribution in [3.05, 3.63) is 18.7 Å². The van der Waals surface area contributed by atoms with E-state index in [0.29, 0.717) is 5.69 Å². The largest absolute Gasteiger partial charge is 0.274 e. The van der Waals surface area contributed by atoms with E-state index < -0.39 is 0 Å². The van der Waals surface area contributed by atoms with Crippen molar-refractivity contribution in [3.63, 3.8) is 0 Å². The van der Waals surface area contributed by atoms with Crippen LogP contribution in [0.1, 0.15) is 13.8 Å². The fourth-order valence-electron chi connectivity index (χ4n) is 0.889. The molecule has 0 saturated heterocycles. The van der Waals surface area contributed by atoms with Crippen molar-refractivity contribution in [2.24, 2.45) is 0 Å². The second kappa shape index (κ2) is 4.31. The summed E-state index contributed by atoms with van der Waals surface area (Å²) in [6.07, 6.45) is 4.21. The van der Waals surface area contributed by atoms with Crippen molar-refractivity contribution < 1.29 is 9.59 Å². The van der Waals surface area contributed by atoms with E-state index in [0.717, 1.165) is 5.01 Å². The molecule has 0 fully saturated rings. The highest BCUT2D eigenvalue weighted by atomic mass is 16.2. The van der Waals surface area contributed by atoms with E-state index in [1.165, 1.54) is 32.6 Å². The van der Waals surface area contributed by atoms with Crippen LogP contribution in [0.2, 0.25) is 0 Å². The van der Waals surface area contributed by atoms with Gasteiger partial charge in [-0.2, -0.15) is 0 Å². The Balaban J connectivity index is 2.89. The van der Waals surface area contributed by atoms with Crippen molar-refractivity contribution in [1.29, 1.82) is 0 Å². The molecule has 1 aromatic rings. The van der Waals surface area contributed by atoms with Crippen LogP contribution in [0.5, 0.6) is 0 Å². The van der Waals surface area contributed by atoms with E-state index >= 15 is 0 Å². The Kier molecular flexibility index (Phi) is 3.11. The normalized spacial score (nSPS) is 9.29. The Labute approximate surface area is 80.9 Å². The maximum absolute atomic E-state index is 11.1. The van der Waals surface area contributed by atoms with E-state index in [-0.39, 0.29) is 11.8 Å². The van der Waals surface area contributed by atoms with Gasteiger partial charge in [-0.3, -0.25) is 15.0 Å². The van der Waals surface area contributed by atoms with Crippen LogP contribution in [0.3, 0.4) is 0 Å². The molecule has 1 heterocycles. The summed E-state index contributed by atoms with van der Waals surface area (Å²) in [5.74, 6) is -0.640. The van der Waals surface area contributed by atoms with Gasteiger partial charge in [0.2, 0.25) is 11.8 Å². The summed E-state index contributed by atoms with van der Waals surface area (Å²) in [7, 11) is 0. The van der Waals surface area contributed by atoms with Crippen LogP contribution in [0, 0.1) is 0 Å². The summed E-state index contributed by atoms with van der Waals surface area (Å²) in [5.41, 5.74) is 2.79. The Morgan fingerprint density at radius 3 is 2.29 bits per heavy atom. The maximum Gasteiger partial charge on any atom is 0.242 e. The zero-order valence-corrected chi connectivity index (χ0v) is 7.89. The predicted octanol–water partition coefficient (Wildman–Crippen LogP) is -0.119. The standard InChI is InChI=1S/C8H10N4O2/c1-6(13)11-12(7(2)14)8-3-9-5-10-4-8/h3-5H,1-2H3,(H,11,13). The number of hydrazine groups is 1. The first kappa shape index (κ1) is 10.1. The fraction of sp³-hybridized carbons (Fsp3) is 0.250. The molecule has 1 aromatic heterocycles. The van der Waals surface area contributed by atoms with Crippen LogP contribution in [-0.2, 0) is 9.59 Å². The summed E-state index contributed by atoms with van der Waals surface area (Å²) < 4.78 is 0. The quantitative estimate of drug-likeness (QED) is 0.632. The average molecular weight is 194 g/mol. The molecule has 0 aliphatic heterocycles. The van der Waals surface area contributed by atoms with E-state index in [1.807, 2.05) is 0 Å². The Morgan fingerprint density at radius 2 is 1.86 bits per heavy atom. The third-order valence-corrected chi connectivity index (χ3v) is 1.39. The average Bonchev–Trinajstić information content (AvgIpc) is 2.15. The summed E-state index contributed by atoms with van der Waals surface area (Å²) in [6, 6.07) is 0. The molecule has 0 unspecified atom stereocenters. The molecule has 14 heavy (non-hydrogen) atoms. The van der Waals surface area contributed by atoms with Gasteiger partial charge in [0.05, 0.1) is 12.4 Å². The molecule has 2 amide bonds. The molecule has 1 N–H and O–H groups in total. The van der Waals surface area contributed by atoms with Gasteiger partial charge in [0, 0.05) is 13.8 Å². The topological polar surface area (TPSA) is 75.2 Å². The van der Waals surface area contributed by atoms with Crippen molar-refractivity contribution >= 4 is 17.5 Å². The third kappa shape index (κ3) is 2.51. The van der Waals surface area contributed by atoms with E-state index in [2.05, 4.69) is 15.4 Å². The highest BCUT2D eigenvalue weighted by Crippen LogP contribution is 2.07. The minimum absolute atomic E-state index is 0.310. The first-order valence-electron chi connectivity index (χ1n) is 3.94. The highest BCUT2D eigenvalue weighted by molar-refractivity contribution is 5.94. The van der Waals surface area contributed by atoms with Crippen molar-refractivity contribution in [2.45, 2.75) is 13.8 Å². The van der Waals surface area contributed by atoms with E-state index in [1.54, 1.807) is 0 Å². The van der Waals surface area contributed by atoms with Crippen LogP contribution in [-0.4, -0.2) is 21.8 Å². The summed E-state index contributed by atoms with van der Waals surface area (Å²) >= 11 is 0. The lowest BCUT2D eigenvalue weighted by Gasteiger charge is -2.19. The van der Waals surface area contributed by atoms with E-state index in [4.69, 9.17) is 0 Å². The Morgan fingerprint density at radius 1 is 1.29 bits per heavy atom. The monoisotopic (exact) mass is 194 g/mol. The maximum atomic E-state index is 11.1. The van der Waals surface area contributed by atoms with E-state index in [9.17, 15) is 9.59 Å². The number of anilines is 1. The second-order valence-electron chi connectivity index (χ2n) is 2.62. The number of amides is 2. The smallest absolute Gasteiger partial charge is 0.242 e. The molecule has 6 nitrogen and oxygen atoms in total. The molecular formula is C8H10N4O2. The highest BCUT2D eigenvalue weighted by Gasteiger charge is 2.12. The minimum atomic E-state index is -0.330. The van der Waals surface area contributed by atoms with Gasteiger partial charge in [0.25, 0.3) is 0 Å². The minimum Gasteiger partial charge on any atom is -0.274 e. The number of hydrogen-bond donors (Lipinski definition) is 1. The summed E-state index contributed by atoms with van der Waals surface area (Å²) in [4.78, 5) is 29.4. The molecule has 74 valence electrons. The molecular weight excluding hydrogens is 184 g/mol. The van der Waals surface area contributed by atoms with Gasteiger partial charge in [0.15, 0.2) is 0 Å². The molecule has 0 saturated carbocycles. The number of aromatic nitrogens is 2. The third-order valence-electron chi connectivity index (χ3n) is 1.39. The number of nitrogens with zero attached hydrogens (tertiary/aromatic N) is 3. The van der Waals surface area contributed by atoms with Gasteiger partial charge in [-0.15, -0.1) is 0 Å². The molecule has 0 aromatic carbocycles. The number of hydrogen-bond acceptors (Lipinski definition) is 4. The molecule has 0 atom stereocenters. The molecule has 1 rings (SSSR count). The molecule has 0 bridgehead atoms. The lowest BCUT2D eigenvalue weighted by molar-refractivity contribution is -0.123. The van der Waals surface area contributed by atoms with Crippen molar-refractivity contribution in [2.75, 3.05) is 5.01 Å². The first-order chi connectivity index (χ1) is 6.61. The van der Waals surface area contributed by atoms with Crippen LogP contribution in [0.4, 0.5) is 5.69 Å². The number of nitrogens with one attached hydrogen (secondary N) is 1. The second-order valence-corrected chi connectivity index (χ2v) is 2.62. The number of carbonyl (C=O) groups is 2. The Hall–Kier alpha value is -1.98. The van der Waals surface area contributed by atoms with Gasteiger partial charge in [-0.1, -0.05) is 0 Å². The van der Waals surface area contributed by atoms with Gasteiger partial charge >= 0.3 is 0 Å². The molecule has 0 aliphatic rings. The molecule has 0 radical (unpaired) electrons. The van der Waals surface area contributed by atoms with Gasteiger partial charge < -0.3 is 0 Å². The fourth-order valence-corrected chi connectivity index (χ4v) is 0.889. The number of carbonyl (C=O) groups excluding carboxylic acids is 2. The van der Waals surface area contributed by atoms with Crippen LogP contribution >= 0.6 is 0 Å². The van der Waals surface area contributed by atoms with Crippen molar-refractivity contribution in [1.82, 2.24) is 15.4 Å². The number of rotatable bonds is 1. The van der Waals surface area contributed by atoms with Gasteiger partial charge in [0.1, 0.15) is 12.0 Å². The van der Waals surface area contributed by atoms with Gasteiger partial charge in [-0.05, 0) is 0 Å². The SMILES string of the molecule is CC(=O)NN(C(C)=O)c1cncnc1. The first-order valence-corrected chi connectivity index (χ1v) is 3.94.